The van der Waals surface area contributed by atoms with Crippen LogP contribution in [0.15, 0.2) is 0 Å². The highest BCUT2D eigenvalue weighted by atomic mass is 16.5. The smallest absolute Gasteiger partial charge is 0.0853 e. The molecule has 0 radical (unpaired) electrons. The largest absolute Gasteiger partial charge is 0.385 e. The Hall–Kier alpha value is -0.160. The number of rotatable bonds is 7. The van der Waals surface area contributed by atoms with Crippen molar-refractivity contribution in [2.45, 2.75) is 38.3 Å². The van der Waals surface area contributed by atoms with Gasteiger partial charge in [0.1, 0.15) is 0 Å². The molecule has 1 saturated heterocycles. The van der Waals surface area contributed by atoms with Crippen molar-refractivity contribution in [3.05, 3.63) is 0 Å². The minimum atomic E-state index is 0.148. The lowest BCUT2D eigenvalue weighted by molar-refractivity contribution is -0.0421. The third-order valence-electron chi connectivity index (χ3n) is 3.08. The first-order valence-corrected chi connectivity index (χ1v) is 6.36. The van der Waals surface area contributed by atoms with E-state index in [0.717, 1.165) is 45.7 Å². The molecular formula is C12H26N2O2. The summed E-state index contributed by atoms with van der Waals surface area (Å²) >= 11 is 0. The molecule has 0 bridgehead atoms. The summed E-state index contributed by atoms with van der Waals surface area (Å²) < 4.78 is 10.8. The van der Waals surface area contributed by atoms with Gasteiger partial charge in [-0.25, -0.2) is 0 Å². The molecule has 0 aliphatic carbocycles. The van der Waals surface area contributed by atoms with Gasteiger partial charge < -0.3 is 15.2 Å². The zero-order valence-electron chi connectivity index (χ0n) is 10.7. The van der Waals surface area contributed by atoms with Crippen molar-refractivity contribution in [1.29, 1.82) is 0 Å². The lowest BCUT2D eigenvalue weighted by Crippen LogP contribution is -2.50. The van der Waals surface area contributed by atoms with Crippen molar-refractivity contribution in [3.63, 3.8) is 0 Å². The van der Waals surface area contributed by atoms with Gasteiger partial charge in [-0.1, -0.05) is 6.92 Å². The number of ether oxygens (including phenoxy) is 2. The van der Waals surface area contributed by atoms with Crippen LogP contribution in [-0.2, 0) is 9.47 Å². The summed E-state index contributed by atoms with van der Waals surface area (Å²) in [5, 5.41) is 0. The van der Waals surface area contributed by atoms with Gasteiger partial charge in [0.15, 0.2) is 0 Å². The molecule has 96 valence electrons. The minimum absolute atomic E-state index is 0.148. The molecule has 0 amide bonds. The molecule has 16 heavy (non-hydrogen) atoms. The van der Waals surface area contributed by atoms with E-state index in [1.807, 2.05) is 0 Å². The highest BCUT2D eigenvalue weighted by Gasteiger charge is 2.24. The number of methoxy groups -OCH3 is 1. The Morgan fingerprint density at radius 1 is 1.56 bits per heavy atom. The van der Waals surface area contributed by atoms with Crippen molar-refractivity contribution in [2.75, 3.05) is 40.0 Å². The van der Waals surface area contributed by atoms with E-state index in [2.05, 4.69) is 11.8 Å². The average molecular weight is 230 g/mol. The summed E-state index contributed by atoms with van der Waals surface area (Å²) in [7, 11) is 1.73. The number of nitrogens with two attached hydrogens (primary N) is 1. The molecule has 1 aliphatic heterocycles. The van der Waals surface area contributed by atoms with Gasteiger partial charge in [-0.3, -0.25) is 4.90 Å². The molecule has 0 spiro atoms. The van der Waals surface area contributed by atoms with Crippen LogP contribution in [0.4, 0.5) is 0 Å². The van der Waals surface area contributed by atoms with Crippen LogP contribution in [0.5, 0.6) is 0 Å². The maximum atomic E-state index is 6.14. The minimum Gasteiger partial charge on any atom is -0.385 e. The fourth-order valence-corrected chi connectivity index (χ4v) is 2.16. The lowest BCUT2D eigenvalue weighted by atomic mass is 10.0. The maximum Gasteiger partial charge on any atom is 0.0853 e. The SMILES string of the molecule is CCCN1CCOC(C(N)CCCOC)C1. The van der Waals surface area contributed by atoms with E-state index in [1.54, 1.807) is 7.11 Å². The molecule has 2 atom stereocenters. The molecule has 0 saturated carbocycles. The van der Waals surface area contributed by atoms with Gasteiger partial charge in [0, 0.05) is 32.8 Å². The molecule has 1 heterocycles. The third-order valence-corrected chi connectivity index (χ3v) is 3.08. The van der Waals surface area contributed by atoms with Crippen LogP contribution < -0.4 is 5.73 Å². The van der Waals surface area contributed by atoms with E-state index >= 15 is 0 Å². The van der Waals surface area contributed by atoms with Crippen LogP contribution in [-0.4, -0.2) is 57.0 Å². The second-order valence-corrected chi connectivity index (χ2v) is 4.51. The van der Waals surface area contributed by atoms with Gasteiger partial charge in [0.2, 0.25) is 0 Å². The predicted octanol–water partition coefficient (Wildman–Crippen LogP) is 0.851. The van der Waals surface area contributed by atoms with Crippen LogP contribution in [0.25, 0.3) is 0 Å². The van der Waals surface area contributed by atoms with E-state index in [9.17, 15) is 0 Å². The van der Waals surface area contributed by atoms with Gasteiger partial charge in [0.25, 0.3) is 0 Å². The Bertz CT molecular complexity index is 176. The Morgan fingerprint density at radius 3 is 3.06 bits per heavy atom. The van der Waals surface area contributed by atoms with Crippen LogP contribution >= 0.6 is 0 Å². The molecule has 4 heteroatoms. The van der Waals surface area contributed by atoms with Crippen LogP contribution in [0.2, 0.25) is 0 Å². The summed E-state index contributed by atoms with van der Waals surface area (Å²) in [5.41, 5.74) is 6.14. The maximum absolute atomic E-state index is 6.14. The molecule has 2 unspecified atom stereocenters. The van der Waals surface area contributed by atoms with E-state index in [-0.39, 0.29) is 12.1 Å². The molecular weight excluding hydrogens is 204 g/mol. The Labute approximate surface area is 99.1 Å². The number of hydrogen-bond acceptors (Lipinski definition) is 4. The fraction of sp³-hybridized carbons (Fsp3) is 1.00. The Kier molecular flexibility index (Phi) is 6.96. The van der Waals surface area contributed by atoms with E-state index < -0.39 is 0 Å². The molecule has 1 fully saturated rings. The van der Waals surface area contributed by atoms with Gasteiger partial charge in [0.05, 0.1) is 12.7 Å². The first kappa shape index (κ1) is 13.9. The average Bonchev–Trinajstić information content (AvgIpc) is 2.30. The molecule has 4 nitrogen and oxygen atoms in total. The normalized spacial score (nSPS) is 24.6. The monoisotopic (exact) mass is 230 g/mol. The number of nitrogens with zero attached hydrogens (tertiary/aromatic N) is 1. The second-order valence-electron chi connectivity index (χ2n) is 4.51. The van der Waals surface area contributed by atoms with Gasteiger partial charge in [-0.2, -0.15) is 0 Å². The summed E-state index contributed by atoms with van der Waals surface area (Å²) in [6.07, 6.45) is 3.41. The summed E-state index contributed by atoms with van der Waals surface area (Å²) in [6.45, 7) is 7.02. The zero-order valence-corrected chi connectivity index (χ0v) is 10.7. The zero-order chi connectivity index (χ0) is 11.8. The quantitative estimate of drug-likeness (QED) is 0.659. The first-order chi connectivity index (χ1) is 7.77. The number of morpholine rings is 1. The molecule has 0 aromatic heterocycles. The van der Waals surface area contributed by atoms with Crippen molar-refractivity contribution >= 4 is 0 Å². The van der Waals surface area contributed by atoms with Crippen LogP contribution in [0.3, 0.4) is 0 Å². The van der Waals surface area contributed by atoms with Crippen molar-refractivity contribution in [2.24, 2.45) is 5.73 Å². The van der Waals surface area contributed by atoms with Gasteiger partial charge >= 0.3 is 0 Å². The number of hydrogen-bond donors (Lipinski definition) is 1. The first-order valence-electron chi connectivity index (χ1n) is 6.36. The highest BCUT2D eigenvalue weighted by molar-refractivity contribution is 4.80. The van der Waals surface area contributed by atoms with Gasteiger partial charge in [-0.15, -0.1) is 0 Å². The third kappa shape index (κ3) is 4.78. The van der Waals surface area contributed by atoms with E-state index in [0.29, 0.717) is 0 Å². The standard InChI is InChI=1S/C12H26N2O2/c1-3-6-14-7-9-16-12(10-14)11(13)5-4-8-15-2/h11-12H,3-10,13H2,1-2H3. The van der Waals surface area contributed by atoms with Crippen LogP contribution in [0, 0.1) is 0 Å². The van der Waals surface area contributed by atoms with Crippen LogP contribution in [0.1, 0.15) is 26.2 Å². The van der Waals surface area contributed by atoms with Crippen molar-refractivity contribution < 1.29 is 9.47 Å². The molecule has 0 aromatic rings. The Balaban J connectivity index is 2.23. The van der Waals surface area contributed by atoms with Crippen molar-refractivity contribution in [1.82, 2.24) is 4.90 Å². The van der Waals surface area contributed by atoms with E-state index in [1.165, 1.54) is 6.42 Å². The predicted molar refractivity (Wildman–Crippen MR) is 65.6 cm³/mol. The molecule has 1 aliphatic rings. The second kappa shape index (κ2) is 8.01. The highest BCUT2D eigenvalue weighted by Crippen LogP contribution is 2.11. The van der Waals surface area contributed by atoms with E-state index in [4.69, 9.17) is 15.2 Å². The Morgan fingerprint density at radius 2 is 2.38 bits per heavy atom. The topological polar surface area (TPSA) is 47.7 Å². The summed E-state index contributed by atoms with van der Waals surface area (Å²) in [6, 6.07) is 0.148. The van der Waals surface area contributed by atoms with Gasteiger partial charge in [-0.05, 0) is 25.8 Å². The summed E-state index contributed by atoms with van der Waals surface area (Å²) in [5.74, 6) is 0. The van der Waals surface area contributed by atoms with Crippen molar-refractivity contribution in [3.8, 4) is 0 Å². The summed E-state index contributed by atoms with van der Waals surface area (Å²) in [4.78, 5) is 2.45. The molecule has 0 aromatic carbocycles. The lowest BCUT2D eigenvalue weighted by Gasteiger charge is -2.35. The molecule has 1 rings (SSSR count). The molecule has 2 N–H and O–H groups in total. The fourth-order valence-electron chi connectivity index (χ4n) is 2.16.